The van der Waals surface area contributed by atoms with Crippen molar-refractivity contribution in [2.75, 3.05) is 26.2 Å². The molecule has 4 amide bonds. The topological polar surface area (TPSA) is 125 Å². The first kappa shape index (κ1) is 45.9. The van der Waals surface area contributed by atoms with Gasteiger partial charge < -0.3 is 25.2 Å². The standard InChI is InChI=1S/C44H68N4O6/c1-7-9-26-38(49)48(42(35(5)6)43(52)45-29-10-8-2)32-20-27-39(50)47(31-18-17-23-36-21-13-11-14-22-36)41(34(3)4)44(53)46-30-19-28-40(51)54-33-37-24-15-12-16-25-37/h11-16,21-22,24-25,34-35,41-42H,7-10,17-20,23,26-33H2,1-6H3,(H,45,52)(H,46,53). The second kappa shape index (κ2) is 26.5. The number of amides is 4. The number of hydrogen-bond acceptors (Lipinski definition) is 6. The normalized spacial score (nSPS) is 12.2. The van der Waals surface area contributed by atoms with Crippen LogP contribution in [0.4, 0.5) is 0 Å². The molecule has 0 fully saturated rings. The van der Waals surface area contributed by atoms with E-state index in [1.165, 1.54) is 5.56 Å². The molecule has 0 aromatic heterocycles. The SMILES string of the molecule is CCCCNC(=O)C(C(C)C)N(CCCC(=O)N(CCCCc1ccccc1)C(C(=O)NCCCC(=O)OCc1ccccc1)C(C)C)C(=O)CCCC. The van der Waals surface area contributed by atoms with E-state index in [0.717, 1.165) is 50.5 Å². The highest BCUT2D eigenvalue weighted by molar-refractivity contribution is 5.89. The van der Waals surface area contributed by atoms with Crippen LogP contribution in [-0.4, -0.2) is 77.7 Å². The van der Waals surface area contributed by atoms with Crippen LogP contribution in [0.1, 0.15) is 123 Å². The lowest BCUT2D eigenvalue weighted by molar-refractivity contribution is -0.145. The van der Waals surface area contributed by atoms with Crippen molar-refractivity contribution in [3.05, 3.63) is 71.8 Å². The van der Waals surface area contributed by atoms with Gasteiger partial charge in [-0.1, -0.05) is 115 Å². The summed E-state index contributed by atoms with van der Waals surface area (Å²) in [5.74, 6) is -1.23. The largest absolute Gasteiger partial charge is 0.461 e. The van der Waals surface area contributed by atoms with Gasteiger partial charge in [0.15, 0.2) is 0 Å². The van der Waals surface area contributed by atoms with E-state index in [9.17, 15) is 24.0 Å². The summed E-state index contributed by atoms with van der Waals surface area (Å²) in [6, 6.07) is 18.4. The van der Waals surface area contributed by atoms with Crippen LogP contribution in [-0.2, 0) is 41.7 Å². The van der Waals surface area contributed by atoms with E-state index in [1.807, 2.05) is 83.1 Å². The third-order valence-corrected chi connectivity index (χ3v) is 9.53. The molecule has 0 aliphatic rings. The predicted molar refractivity (Wildman–Crippen MR) is 215 cm³/mol. The lowest BCUT2D eigenvalue weighted by atomic mass is 9.98. The zero-order valence-corrected chi connectivity index (χ0v) is 33.9. The first-order valence-corrected chi connectivity index (χ1v) is 20.4. The Labute approximate surface area is 325 Å². The third-order valence-electron chi connectivity index (χ3n) is 9.53. The minimum atomic E-state index is -0.700. The van der Waals surface area contributed by atoms with Gasteiger partial charge in [0.25, 0.3) is 0 Å². The van der Waals surface area contributed by atoms with Gasteiger partial charge >= 0.3 is 5.97 Å². The number of benzene rings is 2. The second-order valence-electron chi connectivity index (χ2n) is 14.9. The monoisotopic (exact) mass is 749 g/mol. The molecule has 2 unspecified atom stereocenters. The van der Waals surface area contributed by atoms with Crippen LogP contribution in [0.15, 0.2) is 60.7 Å². The minimum Gasteiger partial charge on any atom is -0.461 e. The van der Waals surface area contributed by atoms with Crippen molar-refractivity contribution in [1.82, 2.24) is 20.4 Å². The number of hydrogen-bond donors (Lipinski definition) is 2. The maximum absolute atomic E-state index is 14.1. The molecule has 0 aliphatic heterocycles. The Morgan fingerprint density at radius 3 is 1.57 bits per heavy atom. The summed E-state index contributed by atoms with van der Waals surface area (Å²) in [6.45, 7) is 13.6. The summed E-state index contributed by atoms with van der Waals surface area (Å²) < 4.78 is 5.38. The molecule has 0 aliphatic carbocycles. The van der Waals surface area contributed by atoms with Crippen molar-refractivity contribution in [2.24, 2.45) is 11.8 Å². The van der Waals surface area contributed by atoms with Crippen molar-refractivity contribution < 1.29 is 28.7 Å². The fourth-order valence-corrected chi connectivity index (χ4v) is 6.57. The van der Waals surface area contributed by atoms with Gasteiger partial charge in [-0.15, -0.1) is 0 Å². The average Bonchev–Trinajstić information content (AvgIpc) is 3.15. The van der Waals surface area contributed by atoms with E-state index in [2.05, 4.69) is 29.7 Å². The number of nitrogens with zero attached hydrogens (tertiary/aromatic N) is 2. The summed E-state index contributed by atoms with van der Waals surface area (Å²) in [6.07, 6.45) is 7.31. The van der Waals surface area contributed by atoms with E-state index in [0.29, 0.717) is 32.4 Å². The molecular formula is C44H68N4O6. The number of aryl methyl sites for hydroxylation is 1. The molecule has 0 radical (unpaired) electrons. The van der Waals surface area contributed by atoms with Crippen molar-refractivity contribution in [1.29, 1.82) is 0 Å². The van der Waals surface area contributed by atoms with E-state index in [1.54, 1.807) is 9.80 Å². The summed E-state index contributed by atoms with van der Waals surface area (Å²) >= 11 is 0. The molecule has 0 saturated carbocycles. The molecule has 10 nitrogen and oxygen atoms in total. The number of esters is 1. The first-order chi connectivity index (χ1) is 26.0. The molecule has 0 heterocycles. The Hall–Kier alpha value is -4.21. The fraction of sp³-hybridized carbons (Fsp3) is 0.614. The lowest BCUT2D eigenvalue weighted by Crippen LogP contribution is -2.54. The van der Waals surface area contributed by atoms with Crippen LogP contribution in [0.2, 0.25) is 0 Å². The maximum Gasteiger partial charge on any atom is 0.306 e. The van der Waals surface area contributed by atoms with Crippen LogP contribution in [0.25, 0.3) is 0 Å². The maximum atomic E-state index is 14.1. The quantitative estimate of drug-likeness (QED) is 0.0734. The molecule has 0 spiro atoms. The Morgan fingerprint density at radius 1 is 0.574 bits per heavy atom. The van der Waals surface area contributed by atoms with Crippen LogP contribution < -0.4 is 10.6 Å². The first-order valence-electron chi connectivity index (χ1n) is 20.4. The van der Waals surface area contributed by atoms with Gasteiger partial charge in [-0.25, -0.2) is 0 Å². The lowest BCUT2D eigenvalue weighted by Gasteiger charge is -2.35. The van der Waals surface area contributed by atoms with Gasteiger partial charge in [-0.2, -0.15) is 0 Å². The molecule has 2 aromatic rings. The highest BCUT2D eigenvalue weighted by Gasteiger charge is 2.34. The minimum absolute atomic E-state index is 0.0743. The molecular weight excluding hydrogens is 681 g/mol. The van der Waals surface area contributed by atoms with E-state index < -0.39 is 12.1 Å². The van der Waals surface area contributed by atoms with Crippen LogP contribution in [0.5, 0.6) is 0 Å². The van der Waals surface area contributed by atoms with Crippen molar-refractivity contribution in [2.45, 2.75) is 137 Å². The molecule has 300 valence electrons. The summed E-state index contributed by atoms with van der Waals surface area (Å²) in [5, 5.41) is 5.99. The molecule has 10 heteroatoms. The number of rotatable bonds is 27. The molecule has 2 N–H and O–H groups in total. The van der Waals surface area contributed by atoms with Gasteiger partial charge in [-0.3, -0.25) is 24.0 Å². The molecule has 2 atom stereocenters. The Balaban J connectivity index is 2.13. The van der Waals surface area contributed by atoms with Gasteiger partial charge in [0.1, 0.15) is 18.7 Å². The molecule has 2 rings (SSSR count). The van der Waals surface area contributed by atoms with Crippen LogP contribution in [0.3, 0.4) is 0 Å². The molecule has 2 aromatic carbocycles. The van der Waals surface area contributed by atoms with Gasteiger partial charge in [0.2, 0.25) is 23.6 Å². The van der Waals surface area contributed by atoms with E-state index in [4.69, 9.17) is 4.74 Å². The number of carbonyl (C=O) groups excluding carboxylic acids is 5. The Kier molecular flexibility index (Phi) is 22.6. The van der Waals surface area contributed by atoms with Gasteiger partial charge in [0, 0.05) is 45.4 Å². The predicted octanol–water partition coefficient (Wildman–Crippen LogP) is 7.24. The fourth-order valence-electron chi connectivity index (χ4n) is 6.57. The Bertz CT molecular complexity index is 1380. The zero-order valence-electron chi connectivity index (χ0n) is 33.9. The van der Waals surface area contributed by atoms with Crippen molar-refractivity contribution >= 4 is 29.6 Å². The second-order valence-corrected chi connectivity index (χ2v) is 14.9. The number of unbranched alkanes of at least 4 members (excludes halogenated alkanes) is 3. The molecule has 0 bridgehead atoms. The zero-order chi connectivity index (χ0) is 39.7. The molecule has 54 heavy (non-hydrogen) atoms. The van der Waals surface area contributed by atoms with Gasteiger partial charge in [-0.05, 0) is 67.9 Å². The summed E-state index contributed by atoms with van der Waals surface area (Å²) in [5.41, 5.74) is 2.14. The van der Waals surface area contributed by atoms with E-state index >= 15 is 0 Å². The van der Waals surface area contributed by atoms with Gasteiger partial charge in [0.05, 0.1) is 0 Å². The third kappa shape index (κ3) is 17.3. The van der Waals surface area contributed by atoms with Crippen molar-refractivity contribution in [3.8, 4) is 0 Å². The number of ether oxygens (including phenoxy) is 1. The van der Waals surface area contributed by atoms with Crippen LogP contribution >= 0.6 is 0 Å². The highest BCUT2D eigenvalue weighted by atomic mass is 16.5. The molecule has 0 saturated heterocycles. The van der Waals surface area contributed by atoms with Crippen LogP contribution in [0, 0.1) is 11.8 Å². The van der Waals surface area contributed by atoms with Crippen molar-refractivity contribution in [3.63, 3.8) is 0 Å². The number of nitrogens with one attached hydrogen (secondary N) is 2. The smallest absolute Gasteiger partial charge is 0.306 e. The Morgan fingerprint density at radius 2 is 1.06 bits per heavy atom. The highest BCUT2D eigenvalue weighted by Crippen LogP contribution is 2.19. The summed E-state index contributed by atoms with van der Waals surface area (Å²) in [7, 11) is 0. The summed E-state index contributed by atoms with van der Waals surface area (Å²) in [4.78, 5) is 70.4. The average molecular weight is 749 g/mol. The number of carbonyl (C=O) groups is 5. The van der Waals surface area contributed by atoms with E-state index in [-0.39, 0.29) is 74.0 Å².